The fourth-order valence-electron chi connectivity index (χ4n) is 2.74. The third-order valence-electron chi connectivity index (χ3n) is 3.85. The first-order chi connectivity index (χ1) is 11.6. The molecule has 0 atom stereocenters. The van der Waals surface area contributed by atoms with Gasteiger partial charge < -0.3 is 13.9 Å². The molecule has 0 spiro atoms. The van der Waals surface area contributed by atoms with Crippen molar-refractivity contribution in [2.75, 3.05) is 6.61 Å². The molecular formula is C20H20O4. The lowest BCUT2D eigenvalue weighted by atomic mass is 10.1. The van der Waals surface area contributed by atoms with Crippen molar-refractivity contribution in [3.8, 4) is 5.75 Å². The molecule has 4 heteroatoms. The Bertz CT molecular complexity index is 862. The van der Waals surface area contributed by atoms with Gasteiger partial charge in [0.1, 0.15) is 29.3 Å². The van der Waals surface area contributed by atoms with Crippen LogP contribution < -0.4 is 4.74 Å². The monoisotopic (exact) mass is 324 g/mol. The molecule has 0 aliphatic rings. The van der Waals surface area contributed by atoms with E-state index in [1.165, 1.54) is 0 Å². The summed E-state index contributed by atoms with van der Waals surface area (Å²) in [5.74, 6) is 0.898. The van der Waals surface area contributed by atoms with Crippen LogP contribution in [0.4, 0.5) is 0 Å². The minimum Gasteiger partial charge on any atom is -0.489 e. The van der Waals surface area contributed by atoms with E-state index in [0.717, 1.165) is 16.5 Å². The summed E-state index contributed by atoms with van der Waals surface area (Å²) < 4.78 is 16.8. The van der Waals surface area contributed by atoms with Gasteiger partial charge in [0.2, 0.25) is 0 Å². The van der Waals surface area contributed by atoms with Crippen LogP contribution in [0.1, 0.15) is 34.2 Å². The summed E-state index contributed by atoms with van der Waals surface area (Å²) >= 11 is 0. The molecule has 0 bridgehead atoms. The van der Waals surface area contributed by atoms with Crippen molar-refractivity contribution in [1.29, 1.82) is 0 Å². The Morgan fingerprint density at radius 3 is 2.58 bits per heavy atom. The number of fused-ring (bicyclic) bond motifs is 1. The van der Waals surface area contributed by atoms with Gasteiger partial charge in [-0.1, -0.05) is 30.3 Å². The first kappa shape index (κ1) is 16.1. The van der Waals surface area contributed by atoms with Crippen LogP contribution >= 0.6 is 0 Å². The fraction of sp³-hybridized carbons (Fsp3) is 0.250. The molecule has 0 amide bonds. The number of furan rings is 1. The highest BCUT2D eigenvalue weighted by atomic mass is 16.5. The molecule has 0 aliphatic carbocycles. The molecule has 1 aromatic heterocycles. The molecule has 0 unspecified atom stereocenters. The van der Waals surface area contributed by atoms with Gasteiger partial charge in [-0.05, 0) is 44.0 Å². The summed E-state index contributed by atoms with van der Waals surface area (Å²) in [4.78, 5) is 12.2. The first-order valence-corrected chi connectivity index (χ1v) is 7.97. The van der Waals surface area contributed by atoms with Crippen LogP contribution in [0.5, 0.6) is 5.75 Å². The van der Waals surface area contributed by atoms with Crippen molar-refractivity contribution in [3.05, 3.63) is 64.9 Å². The number of ether oxygens (including phenoxy) is 2. The number of hydrogen-bond acceptors (Lipinski definition) is 4. The third kappa shape index (κ3) is 3.13. The van der Waals surface area contributed by atoms with Crippen LogP contribution in [0.15, 0.2) is 46.9 Å². The van der Waals surface area contributed by atoms with E-state index in [0.29, 0.717) is 35.9 Å². The highest BCUT2D eigenvalue weighted by Gasteiger charge is 2.21. The van der Waals surface area contributed by atoms with E-state index in [1.807, 2.05) is 49.4 Å². The average molecular weight is 324 g/mol. The van der Waals surface area contributed by atoms with Gasteiger partial charge in [-0.25, -0.2) is 4.79 Å². The van der Waals surface area contributed by atoms with Crippen LogP contribution in [0, 0.1) is 13.8 Å². The van der Waals surface area contributed by atoms with Gasteiger partial charge in [-0.3, -0.25) is 0 Å². The molecule has 124 valence electrons. The summed E-state index contributed by atoms with van der Waals surface area (Å²) in [6.07, 6.45) is 0. The minimum atomic E-state index is -0.367. The number of benzene rings is 2. The number of carbonyl (C=O) groups excluding carboxylic acids is 1. The molecule has 3 aromatic rings. The maximum Gasteiger partial charge on any atom is 0.342 e. The van der Waals surface area contributed by atoms with Gasteiger partial charge in [0.05, 0.1) is 6.61 Å². The molecule has 0 aliphatic heterocycles. The van der Waals surface area contributed by atoms with Crippen molar-refractivity contribution < 1.29 is 18.7 Å². The molecule has 0 saturated carbocycles. The second-order valence-corrected chi connectivity index (χ2v) is 5.64. The predicted octanol–water partition coefficient (Wildman–Crippen LogP) is 4.81. The van der Waals surface area contributed by atoms with Gasteiger partial charge in [0.25, 0.3) is 0 Å². The van der Waals surface area contributed by atoms with E-state index in [9.17, 15) is 4.79 Å². The standard InChI is InChI=1S/C20H20O4/c1-4-22-20(21)18-14(3)24-19-13(2)10-16(11-17(18)19)23-12-15-8-6-5-7-9-15/h5-11H,4,12H2,1-3H3. The largest absolute Gasteiger partial charge is 0.489 e. The van der Waals surface area contributed by atoms with Gasteiger partial charge in [0.15, 0.2) is 0 Å². The van der Waals surface area contributed by atoms with E-state index in [1.54, 1.807) is 13.8 Å². The quantitative estimate of drug-likeness (QED) is 0.632. The van der Waals surface area contributed by atoms with Crippen LogP contribution in [-0.2, 0) is 11.3 Å². The molecule has 0 fully saturated rings. The zero-order chi connectivity index (χ0) is 17.1. The summed E-state index contributed by atoms with van der Waals surface area (Å²) in [7, 11) is 0. The molecule has 0 radical (unpaired) electrons. The third-order valence-corrected chi connectivity index (χ3v) is 3.85. The number of hydrogen-bond donors (Lipinski definition) is 0. The molecule has 0 N–H and O–H groups in total. The lowest BCUT2D eigenvalue weighted by Gasteiger charge is -2.08. The smallest absolute Gasteiger partial charge is 0.342 e. The van der Waals surface area contributed by atoms with Crippen LogP contribution in [0.2, 0.25) is 0 Å². The summed E-state index contributed by atoms with van der Waals surface area (Å²) in [6.45, 7) is 6.30. The molecule has 2 aromatic carbocycles. The summed E-state index contributed by atoms with van der Waals surface area (Å²) in [6, 6.07) is 13.7. The van der Waals surface area contributed by atoms with Gasteiger partial charge in [-0.2, -0.15) is 0 Å². The van der Waals surface area contributed by atoms with E-state index in [2.05, 4.69) is 0 Å². The second-order valence-electron chi connectivity index (χ2n) is 5.64. The van der Waals surface area contributed by atoms with Crippen LogP contribution in [0.3, 0.4) is 0 Å². The Labute approximate surface area is 141 Å². The van der Waals surface area contributed by atoms with E-state index in [-0.39, 0.29) is 5.97 Å². The van der Waals surface area contributed by atoms with Gasteiger partial charge in [0, 0.05) is 5.39 Å². The van der Waals surface area contributed by atoms with Crippen molar-refractivity contribution in [1.82, 2.24) is 0 Å². The van der Waals surface area contributed by atoms with Crippen molar-refractivity contribution in [3.63, 3.8) is 0 Å². The Morgan fingerprint density at radius 1 is 1.12 bits per heavy atom. The normalized spacial score (nSPS) is 10.8. The Morgan fingerprint density at radius 2 is 1.88 bits per heavy atom. The molecule has 1 heterocycles. The molecule has 3 rings (SSSR count). The van der Waals surface area contributed by atoms with E-state index in [4.69, 9.17) is 13.9 Å². The van der Waals surface area contributed by atoms with Crippen molar-refractivity contribution >= 4 is 16.9 Å². The molecule has 0 saturated heterocycles. The molecular weight excluding hydrogens is 304 g/mol. The second kappa shape index (κ2) is 6.79. The van der Waals surface area contributed by atoms with Crippen molar-refractivity contribution in [2.24, 2.45) is 0 Å². The van der Waals surface area contributed by atoms with E-state index < -0.39 is 0 Å². The Kier molecular flexibility index (Phi) is 4.56. The SMILES string of the molecule is CCOC(=O)c1c(C)oc2c(C)cc(OCc3ccccc3)cc12. The number of aryl methyl sites for hydroxylation is 2. The average Bonchev–Trinajstić information content (AvgIpc) is 2.91. The lowest BCUT2D eigenvalue weighted by molar-refractivity contribution is 0.0526. The summed E-state index contributed by atoms with van der Waals surface area (Å²) in [5.41, 5.74) is 3.18. The summed E-state index contributed by atoms with van der Waals surface area (Å²) in [5, 5.41) is 0.731. The van der Waals surface area contributed by atoms with Gasteiger partial charge >= 0.3 is 5.97 Å². The maximum atomic E-state index is 12.2. The van der Waals surface area contributed by atoms with Crippen LogP contribution in [-0.4, -0.2) is 12.6 Å². The maximum absolute atomic E-state index is 12.2. The highest BCUT2D eigenvalue weighted by Crippen LogP contribution is 2.32. The van der Waals surface area contributed by atoms with Crippen LogP contribution in [0.25, 0.3) is 11.0 Å². The number of carbonyl (C=O) groups is 1. The fourth-order valence-corrected chi connectivity index (χ4v) is 2.74. The zero-order valence-corrected chi connectivity index (χ0v) is 14.1. The number of rotatable bonds is 5. The highest BCUT2D eigenvalue weighted by molar-refractivity contribution is 6.05. The zero-order valence-electron chi connectivity index (χ0n) is 14.1. The molecule has 24 heavy (non-hydrogen) atoms. The minimum absolute atomic E-state index is 0.328. The van der Waals surface area contributed by atoms with E-state index >= 15 is 0 Å². The Balaban J connectivity index is 1.95. The molecule has 4 nitrogen and oxygen atoms in total. The van der Waals surface area contributed by atoms with Crippen molar-refractivity contribution in [2.45, 2.75) is 27.4 Å². The topological polar surface area (TPSA) is 48.7 Å². The first-order valence-electron chi connectivity index (χ1n) is 7.97. The predicted molar refractivity (Wildman–Crippen MR) is 92.4 cm³/mol. The number of esters is 1. The Hall–Kier alpha value is -2.75. The van der Waals surface area contributed by atoms with Gasteiger partial charge in [-0.15, -0.1) is 0 Å². The lowest BCUT2D eigenvalue weighted by Crippen LogP contribution is -2.05.